The number of aryl methyl sites for hydroxylation is 1. The van der Waals surface area contributed by atoms with Gasteiger partial charge in [0.2, 0.25) is 0 Å². The molecule has 0 heterocycles. The molecule has 1 nitrogen and oxygen atoms in total. The van der Waals surface area contributed by atoms with E-state index in [0.717, 1.165) is 10.0 Å². The number of nitrogens with two attached hydrogens (primary N) is 1. The monoisotopic (exact) mass is 311 g/mol. The summed E-state index contributed by atoms with van der Waals surface area (Å²) in [5.41, 5.74) is 7.50. The molecule has 0 aliphatic carbocycles. The van der Waals surface area contributed by atoms with Crippen LogP contribution >= 0.6 is 15.9 Å². The van der Waals surface area contributed by atoms with Gasteiger partial charge in [-0.2, -0.15) is 0 Å². The van der Waals surface area contributed by atoms with E-state index in [2.05, 4.69) is 15.9 Å². The smallest absolute Gasteiger partial charge is 0.131 e. The molecule has 0 saturated heterocycles. The first-order valence-electron chi connectivity index (χ1n) is 5.46. The second kappa shape index (κ2) is 5.16. The maximum absolute atomic E-state index is 13.6. The Morgan fingerprint density at radius 3 is 2.28 bits per heavy atom. The molecule has 18 heavy (non-hydrogen) atoms. The van der Waals surface area contributed by atoms with E-state index in [-0.39, 0.29) is 5.56 Å². The van der Waals surface area contributed by atoms with Crippen molar-refractivity contribution in [3.63, 3.8) is 0 Å². The average molecular weight is 312 g/mol. The first-order chi connectivity index (χ1) is 8.50. The highest BCUT2D eigenvalue weighted by Crippen LogP contribution is 2.27. The van der Waals surface area contributed by atoms with E-state index in [1.165, 1.54) is 18.2 Å². The molecular weight excluding hydrogens is 300 g/mol. The van der Waals surface area contributed by atoms with Gasteiger partial charge < -0.3 is 5.73 Å². The van der Waals surface area contributed by atoms with E-state index >= 15 is 0 Å². The number of halogens is 3. The van der Waals surface area contributed by atoms with Crippen LogP contribution in [0.4, 0.5) is 8.78 Å². The second-order valence-electron chi connectivity index (χ2n) is 4.12. The summed E-state index contributed by atoms with van der Waals surface area (Å²) in [4.78, 5) is 0. The molecule has 2 rings (SSSR count). The van der Waals surface area contributed by atoms with Crippen molar-refractivity contribution in [2.75, 3.05) is 0 Å². The predicted octanol–water partition coefficient (Wildman–Crippen LogP) is 4.08. The fourth-order valence-corrected chi connectivity index (χ4v) is 2.08. The van der Waals surface area contributed by atoms with Crippen LogP contribution in [-0.2, 0) is 0 Å². The lowest BCUT2D eigenvalue weighted by molar-refractivity contribution is 0.543. The van der Waals surface area contributed by atoms with Gasteiger partial charge in [-0.05, 0) is 36.2 Å². The number of hydrogen-bond donors (Lipinski definition) is 1. The Balaban J connectivity index is 2.48. The van der Waals surface area contributed by atoms with Crippen LogP contribution in [0, 0.1) is 18.6 Å². The minimum Gasteiger partial charge on any atom is -0.320 e. The van der Waals surface area contributed by atoms with Crippen LogP contribution in [0.15, 0.2) is 40.9 Å². The molecule has 2 aromatic carbocycles. The Hall–Kier alpha value is -1.26. The number of benzene rings is 2. The molecule has 0 aliphatic heterocycles. The van der Waals surface area contributed by atoms with Crippen LogP contribution in [0.25, 0.3) is 0 Å². The molecule has 0 amide bonds. The van der Waals surface area contributed by atoms with E-state index in [9.17, 15) is 8.78 Å². The highest BCUT2D eigenvalue weighted by molar-refractivity contribution is 9.10. The maximum Gasteiger partial charge on any atom is 0.131 e. The van der Waals surface area contributed by atoms with Gasteiger partial charge in [0.1, 0.15) is 11.6 Å². The zero-order chi connectivity index (χ0) is 13.3. The standard InChI is InChI=1S/C14H12BrF2N/c1-8-7-9(5-6-10(8)15)14(18)13-11(16)3-2-4-12(13)17/h2-7,14H,18H2,1H3. The molecule has 0 fully saturated rings. The molecule has 2 aromatic rings. The normalized spacial score (nSPS) is 12.5. The third-order valence-electron chi connectivity index (χ3n) is 2.85. The largest absolute Gasteiger partial charge is 0.320 e. The molecule has 0 aliphatic rings. The lowest BCUT2D eigenvalue weighted by Crippen LogP contribution is -2.15. The van der Waals surface area contributed by atoms with E-state index in [1.54, 1.807) is 6.07 Å². The van der Waals surface area contributed by atoms with Gasteiger partial charge in [-0.15, -0.1) is 0 Å². The summed E-state index contributed by atoms with van der Waals surface area (Å²) in [6, 6.07) is 8.34. The summed E-state index contributed by atoms with van der Waals surface area (Å²) in [6.45, 7) is 1.90. The first kappa shape index (κ1) is 13.2. The molecule has 1 atom stereocenters. The molecule has 4 heteroatoms. The Kier molecular flexibility index (Phi) is 3.78. The van der Waals surface area contributed by atoms with Crippen molar-refractivity contribution in [2.45, 2.75) is 13.0 Å². The highest BCUT2D eigenvalue weighted by Gasteiger charge is 2.18. The molecular formula is C14H12BrF2N. The molecule has 0 bridgehead atoms. The minimum atomic E-state index is -0.807. The second-order valence-corrected chi connectivity index (χ2v) is 4.98. The summed E-state index contributed by atoms with van der Waals surface area (Å²) in [5.74, 6) is -1.24. The van der Waals surface area contributed by atoms with Crippen molar-refractivity contribution in [3.8, 4) is 0 Å². The predicted molar refractivity (Wildman–Crippen MR) is 71.3 cm³/mol. The number of hydrogen-bond acceptors (Lipinski definition) is 1. The Labute approximate surface area is 113 Å². The Morgan fingerprint density at radius 1 is 1.11 bits per heavy atom. The van der Waals surface area contributed by atoms with E-state index in [1.807, 2.05) is 19.1 Å². The average Bonchev–Trinajstić information content (AvgIpc) is 2.32. The van der Waals surface area contributed by atoms with Gasteiger partial charge in [0.25, 0.3) is 0 Å². The van der Waals surface area contributed by atoms with Gasteiger partial charge in [-0.3, -0.25) is 0 Å². The summed E-state index contributed by atoms with van der Waals surface area (Å²) in [5, 5.41) is 0. The van der Waals surface area contributed by atoms with Crippen molar-refractivity contribution in [2.24, 2.45) is 5.73 Å². The van der Waals surface area contributed by atoms with E-state index < -0.39 is 17.7 Å². The summed E-state index contributed by atoms with van der Waals surface area (Å²) in [6.07, 6.45) is 0. The molecule has 0 aromatic heterocycles. The van der Waals surface area contributed by atoms with Crippen molar-refractivity contribution in [3.05, 3.63) is 69.2 Å². The quantitative estimate of drug-likeness (QED) is 0.888. The van der Waals surface area contributed by atoms with E-state index in [4.69, 9.17) is 5.73 Å². The molecule has 0 spiro atoms. The van der Waals surface area contributed by atoms with Crippen LogP contribution in [-0.4, -0.2) is 0 Å². The molecule has 1 unspecified atom stereocenters. The highest BCUT2D eigenvalue weighted by atomic mass is 79.9. The van der Waals surface area contributed by atoms with Crippen LogP contribution in [0.5, 0.6) is 0 Å². The molecule has 94 valence electrons. The van der Waals surface area contributed by atoms with Gasteiger partial charge in [-0.25, -0.2) is 8.78 Å². The Bertz CT molecular complexity index is 564. The van der Waals surface area contributed by atoms with Gasteiger partial charge in [0.05, 0.1) is 6.04 Å². The van der Waals surface area contributed by atoms with E-state index in [0.29, 0.717) is 5.56 Å². The topological polar surface area (TPSA) is 26.0 Å². The molecule has 0 saturated carbocycles. The molecule has 2 N–H and O–H groups in total. The van der Waals surface area contributed by atoms with Crippen molar-refractivity contribution in [1.82, 2.24) is 0 Å². The van der Waals surface area contributed by atoms with Crippen LogP contribution in [0.2, 0.25) is 0 Å². The fourth-order valence-electron chi connectivity index (χ4n) is 1.84. The third-order valence-corrected chi connectivity index (χ3v) is 3.74. The van der Waals surface area contributed by atoms with Gasteiger partial charge in [-0.1, -0.05) is 34.1 Å². The van der Waals surface area contributed by atoms with Crippen LogP contribution in [0.1, 0.15) is 22.7 Å². The Morgan fingerprint density at radius 2 is 1.72 bits per heavy atom. The van der Waals surface area contributed by atoms with Gasteiger partial charge in [0, 0.05) is 10.0 Å². The zero-order valence-corrected chi connectivity index (χ0v) is 11.3. The van der Waals surface area contributed by atoms with Crippen molar-refractivity contribution in [1.29, 1.82) is 0 Å². The van der Waals surface area contributed by atoms with Crippen LogP contribution in [0.3, 0.4) is 0 Å². The lowest BCUT2D eigenvalue weighted by atomic mass is 9.97. The lowest BCUT2D eigenvalue weighted by Gasteiger charge is -2.15. The van der Waals surface area contributed by atoms with Crippen molar-refractivity contribution < 1.29 is 8.78 Å². The zero-order valence-electron chi connectivity index (χ0n) is 9.75. The fraction of sp³-hybridized carbons (Fsp3) is 0.143. The van der Waals surface area contributed by atoms with Gasteiger partial charge >= 0.3 is 0 Å². The maximum atomic E-state index is 13.6. The minimum absolute atomic E-state index is 0.0979. The first-order valence-corrected chi connectivity index (χ1v) is 6.25. The van der Waals surface area contributed by atoms with Gasteiger partial charge in [0.15, 0.2) is 0 Å². The summed E-state index contributed by atoms with van der Waals surface area (Å²) < 4.78 is 28.2. The third kappa shape index (κ3) is 2.44. The number of rotatable bonds is 2. The summed E-state index contributed by atoms with van der Waals surface area (Å²) in [7, 11) is 0. The van der Waals surface area contributed by atoms with Crippen LogP contribution < -0.4 is 5.73 Å². The molecule has 0 radical (unpaired) electrons. The van der Waals surface area contributed by atoms with Crippen molar-refractivity contribution >= 4 is 15.9 Å². The SMILES string of the molecule is Cc1cc(C(N)c2c(F)cccc2F)ccc1Br. The summed E-state index contributed by atoms with van der Waals surface area (Å²) >= 11 is 3.37.